The van der Waals surface area contributed by atoms with Crippen molar-refractivity contribution in [2.45, 2.75) is 6.54 Å². The van der Waals surface area contributed by atoms with Crippen molar-refractivity contribution in [1.82, 2.24) is 20.2 Å². The first kappa shape index (κ1) is 27.4. The maximum Gasteiger partial charge on any atom is 1.00 e. The number of fused-ring (bicyclic) bond motifs is 1. The summed E-state index contributed by atoms with van der Waals surface area (Å²) in [5, 5.41) is 15.5. The molecule has 13 heteroatoms. The number of carbonyl (C=O) groups is 2. The zero-order chi connectivity index (χ0) is 24.5. The van der Waals surface area contributed by atoms with E-state index in [1.165, 1.54) is 50.4 Å². The molecule has 0 aliphatic rings. The van der Waals surface area contributed by atoms with Gasteiger partial charge in [0.25, 0.3) is 11.8 Å². The van der Waals surface area contributed by atoms with E-state index < -0.39 is 39.1 Å². The smallest absolute Gasteiger partial charge is 0.869 e. The second-order valence-corrected chi connectivity index (χ2v) is 9.44. The summed E-state index contributed by atoms with van der Waals surface area (Å²) in [6, 6.07) is 6.54. The number of sulfonamides is 1. The van der Waals surface area contributed by atoms with E-state index in [1.54, 1.807) is 0 Å². The number of anilines is 1. The molecule has 3 rings (SSSR count). The van der Waals surface area contributed by atoms with Crippen LogP contribution in [0, 0.1) is 5.82 Å². The van der Waals surface area contributed by atoms with Crippen molar-refractivity contribution in [2.75, 3.05) is 31.7 Å². The molecule has 174 valence electrons. The largest absolute Gasteiger partial charge is 1.00 e. The Labute approximate surface area is 218 Å². The Morgan fingerprint density at radius 2 is 1.85 bits per heavy atom. The van der Waals surface area contributed by atoms with Crippen LogP contribution in [-0.2, 0) is 16.6 Å². The molecule has 0 atom stereocenters. The number of nitrogens with zero attached hydrogens (tertiary/aromatic N) is 4. The van der Waals surface area contributed by atoms with Gasteiger partial charge < -0.3 is 15.3 Å². The van der Waals surface area contributed by atoms with Crippen LogP contribution in [0.15, 0.2) is 36.5 Å². The van der Waals surface area contributed by atoms with Gasteiger partial charge in [0.2, 0.25) is 10.0 Å². The summed E-state index contributed by atoms with van der Waals surface area (Å²) >= 11 is 0. The van der Waals surface area contributed by atoms with Crippen molar-refractivity contribution >= 4 is 38.6 Å². The third-order valence-electron chi connectivity index (χ3n) is 4.86. The van der Waals surface area contributed by atoms with Crippen molar-refractivity contribution in [3.63, 3.8) is 0 Å². The van der Waals surface area contributed by atoms with E-state index in [0.29, 0.717) is 5.56 Å². The fourth-order valence-electron chi connectivity index (χ4n) is 3.05. The molecule has 1 N–H and O–H groups in total. The van der Waals surface area contributed by atoms with E-state index in [2.05, 4.69) is 15.3 Å². The first-order valence-corrected chi connectivity index (χ1v) is 11.4. The first-order valence-electron chi connectivity index (χ1n) is 9.59. The topological polar surface area (TPSA) is 136 Å². The molecule has 0 aliphatic carbocycles. The van der Waals surface area contributed by atoms with Crippen LogP contribution in [0.4, 0.5) is 10.2 Å². The fourth-order valence-corrected chi connectivity index (χ4v) is 3.50. The number of pyridine rings is 2. The van der Waals surface area contributed by atoms with E-state index in [4.69, 9.17) is 0 Å². The molecular weight excluding hydrogens is 476 g/mol. The average Bonchev–Trinajstić information content (AvgIpc) is 2.76. The summed E-state index contributed by atoms with van der Waals surface area (Å²) in [6.45, 7) is -0.202. The van der Waals surface area contributed by atoms with E-state index in [9.17, 15) is 27.5 Å². The number of benzene rings is 1. The van der Waals surface area contributed by atoms with Crippen molar-refractivity contribution in [2.24, 2.45) is 0 Å². The molecule has 0 aliphatic heterocycles. The van der Waals surface area contributed by atoms with Crippen LogP contribution in [0.3, 0.4) is 0 Å². The van der Waals surface area contributed by atoms with Gasteiger partial charge in [0.1, 0.15) is 11.5 Å². The summed E-state index contributed by atoms with van der Waals surface area (Å²) < 4.78 is 38.6. The summed E-state index contributed by atoms with van der Waals surface area (Å²) in [7, 11) is 0.500. The summed E-state index contributed by atoms with van der Waals surface area (Å²) in [6.07, 6.45) is 2.30. The van der Waals surface area contributed by atoms with Gasteiger partial charge in [-0.25, -0.2) is 17.8 Å². The molecule has 0 fully saturated rings. The number of aromatic nitrogens is 2. The molecule has 2 heterocycles. The first-order chi connectivity index (χ1) is 15.4. The molecule has 2 amide bonds. The Morgan fingerprint density at radius 3 is 2.47 bits per heavy atom. The van der Waals surface area contributed by atoms with Crippen LogP contribution in [0.2, 0.25) is 0 Å². The maximum absolute atomic E-state index is 13.7. The maximum atomic E-state index is 13.7. The number of hydrogen-bond acceptors (Lipinski definition) is 7. The monoisotopic (exact) mass is 497 g/mol. The third-order valence-corrected chi connectivity index (χ3v) is 6.02. The normalized spacial score (nSPS) is 11.0. The standard InChI is InChI=1S/C21H22FN5O5S.Na/c1-26(2)21(30)15-10-13(22)8-7-12(15)11-24-20(29)17-18(28)16-14(6-5-9-23-16)19(25-17)27(3)33(4,31)32;/h5-10,28H,11H2,1-4H3,(H,24,29);/q;+1/p-1. The van der Waals surface area contributed by atoms with Crippen LogP contribution in [-0.4, -0.2) is 62.5 Å². The van der Waals surface area contributed by atoms with Gasteiger partial charge in [0.05, 0.1) is 11.8 Å². The minimum absolute atomic E-state index is 0. The van der Waals surface area contributed by atoms with E-state index >= 15 is 0 Å². The molecule has 0 unspecified atom stereocenters. The van der Waals surface area contributed by atoms with Gasteiger partial charge in [0.15, 0.2) is 5.82 Å². The third kappa shape index (κ3) is 5.63. The van der Waals surface area contributed by atoms with Crippen molar-refractivity contribution in [1.29, 1.82) is 0 Å². The summed E-state index contributed by atoms with van der Waals surface area (Å²) in [5.74, 6) is -2.89. The van der Waals surface area contributed by atoms with Gasteiger partial charge in [0, 0.05) is 44.8 Å². The number of hydrogen-bond donors (Lipinski definition) is 1. The number of halogens is 1. The molecule has 0 radical (unpaired) electrons. The Bertz CT molecular complexity index is 1370. The van der Waals surface area contributed by atoms with Gasteiger partial charge in [-0.1, -0.05) is 6.07 Å². The van der Waals surface area contributed by atoms with Gasteiger partial charge in [-0.3, -0.25) is 18.9 Å². The molecule has 1 aromatic carbocycles. The molecule has 2 aromatic heterocycles. The van der Waals surface area contributed by atoms with Gasteiger partial charge >= 0.3 is 29.6 Å². The predicted octanol–water partition coefficient (Wildman–Crippen LogP) is -2.13. The molecule has 34 heavy (non-hydrogen) atoms. The van der Waals surface area contributed by atoms with E-state index in [0.717, 1.165) is 22.7 Å². The van der Waals surface area contributed by atoms with Crippen LogP contribution in [0.1, 0.15) is 26.4 Å². The zero-order valence-electron chi connectivity index (χ0n) is 19.3. The second kappa shape index (κ2) is 10.6. The molecule has 0 spiro atoms. The molecule has 0 saturated carbocycles. The molecule has 10 nitrogen and oxygen atoms in total. The number of carbonyl (C=O) groups excluding carboxylic acids is 2. The summed E-state index contributed by atoms with van der Waals surface area (Å²) in [4.78, 5) is 34.5. The molecule has 0 bridgehead atoms. The van der Waals surface area contributed by atoms with E-state index in [1.807, 2.05) is 0 Å². The number of nitrogens with one attached hydrogen (secondary N) is 1. The van der Waals surface area contributed by atoms with Gasteiger partial charge in [-0.05, 0) is 35.6 Å². The number of amides is 2. The zero-order valence-corrected chi connectivity index (χ0v) is 22.1. The summed E-state index contributed by atoms with van der Waals surface area (Å²) in [5.41, 5.74) is -0.306. The van der Waals surface area contributed by atoms with Crippen LogP contribution in [0.5, 0.6) is 5.75 Å². The van der Waals surface area contributed by atoms with Crippen LogP contribution < -0.4 is 44.3 Å². The Kier molecular flexibility index (Phi) is 8.59. The quantitative estimate of drug-likeness (QED) is 0.385. The predicted molar refractivity (Wildman–Crippen MR) is 118 cm³/mol. The SMILES string of the molecule is CN(C)C(=O)c1cc(F)ccc1CNC(=O)c1nc(N(C)S(C)(=O)=O)c2cccnc2c1[O-].[Na+]. The average molecular weight is 497 g/mol. The number of rotatable bonds is 6. The Balaban J connectivity index is 0.00000408. The van der Waals surface area contributed by atoms with E-state index in [-0.39, 0.29) is 58.4 Å². The van der Waals surface area contributed by atoms with Crippen LogP contribution in [0.25, 0.3) is 10.9 Å². The van der Waals surface area contributed by atoms with Gasteiger partial charge in [-0.2, -0.15) is 0 Å². The minimum atomic E-state index is -3.75. The van der Waals surface area contributed by atoms with Crippen molar-refractivity contribution in [3.05, 3.63) is 59.2 Å². The van der Waals surface area contributed by atoms with Crippen molar-refractivity contribution in [3.8, 4) is 5.75 Å². The Hall–Kier alpha value is -2.80. The molecular formula is C21H21FN5NaO5S. The minimum Gasteiger partial charge on any atom is -0.869 e. The Morgan fingerprint density at radius 1 is 1.18 bits per heavy atom. The molecule has 3 aromatic rings. The second-order valence-electron chi connectivity index (χ2n) is 7.43. The fraction of sp³-hybridized carbons (Fsp3) is 0.238. The molecule has 0 saturated heterocycles. The van der Waals surface area contributed by atoms with Crippen LogP contribution >= 0.6 is 0 Å². The van der Waals surface area contributed by atoms with Crippen molar-refractivity contribution < 1.29 is 57.1 Å². The van der Waals surface area contributed by atoms with Gasteiger partial charge in [-0.15, -0.1) is 0 Å².